The first-order valence-corrected chi connectivity index (χ1v) is 12.1. The van der Waals surface area contributed by atoms with Crippen LogP contribution < -0.4 is 5.73 Å². The molecule has 3 aromatic heterocycles. The van der Waals surface area contributed by atoms with Gasteiger partial charge in [0.05, 0.1) is 23.1 Å². The molecule has 0 amide bonds. The van der Waals surface area contributed by atoms with Gasteiger partial charge < -0.3 is 5.73 Å². The summed E-state index contributed by atoms with van der Waals surface area (Å²) in [6, 6.07) is 29.8. The van der Waals surface area contributed by atoms with Crippen molar-refractivity contribution in [3.63, 3.8) is 0 Å². The average Bonchev–Trinajstić information content (AvgIpc) is 3.52. The summed E-state index contributed by atoms with van der Waals surface area (Å²) in [6.07, 6.45) is 7.26. The monoisotopic (exact) mass is 455 g/mol. The fourth-order valence-corrected chi connectivity index (χ4v) is 5.28. The normalized spacial score (nSPS) is 14.9. The van der Waals surface area contributed by atoms with Crippen LogP contribution in [0.1, 0.15) is 24.8 Å². The number of benzene rings is 3. The first-order valence-electron chi connectivity index (χ1n) is 12.1. The molecule has 0 spiro atoms. The Morgan fingerprint density at radius 2 is 1.63 bits per heavy atom. The van der Waals surface area contributed by atoms with Crippen LogP contribution in [0.25, 0.3) is 50.2 Å². The Labute approximate surface area is 203 Å². The number of aromatic amines is 1. The van der Waals surface area contributed by atoms with Gasteiger partial charge in [-0.25, -0.2) is 4.98 Å². The lowest BCUT2D eigenvalue weighted by Gasteiger charge is -2.38. The van der Waals surface area contributed by atoms with Gasteiger partial charge in [-0.1, -0.05) is 66.7 Å². The van der Waals surface area contributed by atoms with E-state index in [0.29, 0.717) is 0 Å². The van der Waals surface area contributed by atoms with Crippen LogP contribution in [-0.4, -0.2) is 19.6 Å². The molecule has 0 atom stereocenters. The van der Waals surface area contributed by atoms with E-state index in [1.165, 1.54) is 12.0 Å². The zero-order valence-electron chi connectivity index (χ0n) is 19.3. The van der Waals surface area contributed by atoms with E-state index in [0.717, 1.165) is 63.0 Å². The van der Waals surface area contributed by atoms with E-state index in [2.05, 4.69) is 99.7 Å². The van der Waals surface area contributed by atoms with Crippen molar-refractivity contribution in [1.29, 1.82) is 0 Å². The molecule has 3 heterocycles. The number of fused-ring (bicyclic) bond motifs is 2. The molecule has 0 unspecified atom stereocenters. The molecule has 1 fully saturated rings. The van der Waals surface area contributed by atoms with Gasteiger partial charge in [0.1, 0.15) is 5.65 Å². The van der Waals surface area contributed by atoms with Crippen molar-refractivity contribution in [2.24, 2.45) is 5.73 Å². The standard InChI is InChI=1S/C30H25N5/c31-30(15-5-16-30)24-13-11-20(12-14-24)27-28(21-6-2-1-3-7-21)35-17-4-8-25(29(35)33-27)22-9-10-23-19-32-34-26(23)18-22/h1-4,6-14,17-19H,5,15-16,31H2,(H,32,34). The predicted molar refractivity (Wildman–Crippen MR) is 141 cm³/mol. The maximum Gasteiger partial charge on any atom is 0.145 e. The molecular weight excluding hydrogens is 430 g/mol. The van der Waals surface area contributed by atoms with E-state index in [1.807, 2.05) is 12.3 Å². The van der Waals surface area contributed by atoms with Crippen molar-refractivity contribution < 1.29 is 0 Å². The predicted octanol–water partition coefficient (Wildman–Crippen LogP) is 6.55. The van der Waals surface area contributed by atoms with Crippen LogP contribution in [0.4, 0.5) is 0 Å². The second-order valence-electron chi connectivity index (χ2n) is 9.55. The minimum absolute atomic E-state index is 0.168. The Hall–Kier alpha value is -4.22. The molecule has 1 saturated carbocycles. The molecule has 3 N–H and O–H groups in total. The van der Waals surface area contributed by atoms with Gasteiger partial charge in [-0.15, -0.1) is 0 Å². The molecule has 35 heavy (non-hydrogen) atoms. The third-order valence-corrected chi connectivity index (χ3v) is 7.43. The zero-order chi connectivity index (χ0) is 23.4. The van der Waals surface area contributed by atoms with Crippen LogP contribution >= 0.6 is 0 Å². The van der Waals surface area contributed by atoms with Crippen LogP contribution in [0.15, 0.2) is 97.3 Å². The number of imidazole rings is 1. The quantitative estimate of drug-likeness (QED) is 0.317. The highest BCUT2D eigenvalue weighted by molar-refractivity contribution is 5.91. The maximum atomic E-state index is 6.58. The zero-order valence-corrected chi connectivity index (χ0v) is 19.3. The summed E-state index contributed by atoms with van der Waals surface area (Å²) in [6.45, 7) is 0. The Kier molecular flexibility index (Phi) is 4.41. The number of hydrogen-bond donors (Lipinski definition) is 2. The summed E-state index contributed by atoms with van der Waals surface area (Å²) in [4.78, 5) is 5.24. The number of nitrogens with two attached hydrogens (primary N) is 1. The number of rotatable bonds is 4. The molecule has 0 saturated heterocycles. The Morgan fingerprint density at radius 3 is 2.40 bits per heavy atom. The molecule has 5 heteroatoms. The van der Waals surface area contributed by atoms with Crippen LogP contribution in [0.5, 0.6) is 0 Å². The molecule has 6 aromatic rings. The van der Waals surface area contributed by atoms with Crippen molar-refractivity contribution in [3.05, 3.63) is 103 Å². The summed E-state index contributed by atoms with van der Waals surface area (Å²) in [5.74, 6) is 0. The van der Waals surface area contributed by atoms with E-state index < -0.39 is 0 Å². The summed E-state index contributed by atoms with van der Waals surface area (Å²) >= 11 is 0. The van der Waals surface area contributed by atoms with Crippen LogP contribution in [0.2, 0.25) is 0 Å². The minimum atomic E-state index is -0.168. The molecule has 0 radical (unpaired) electrons. The molecule has 170 valence electrons. The molecular formula is C30H25N5. The van der Waals surface area contributed by atoms with E-state index >= 15 is 0 Å². The molecule has 1 aliphatic rings. The second kappa shape index (κ2) is 7.65. The van der Waals surface area contributed by atoms with Gasteiger partial charge >= 0.3 is 0 Å². The maximum absolute atomic E-state index is 6.58. The van der Waals surface area contributed by atoms with Gasteiger partial charge in [-0.05, 0) is 48.6 Å². The Balaban J connectivity index is 1.44. The highest BCUT2D eigenvalue weighted by Crippen LogP contribution is 2.40. The molecule has 0 bridgehead atoms. The summed E-state index contributed by atoms with van der Waals surface area (Å²) < 4.78 is 2.21. The Morgan fingerprint density at radius 1 is 0.829 bits per heavy atom. The molecule has 3 aromatic carbocycles. The van der Waals surface area contributed by atoms with Gasteiger partial charge in [-0.3, -0.25) is 9.50 Å². The number of aromatic nitrogens is 4. The highest BCUT2D eigenvalue weighted by Gasteiger charge is 2.34. The van der Waals surface area contributed by atoms with Crippen molar-refractivity contribution in [2.45, 2.75) is 24.8 Å². The number of H-pyrrole nitrogens is 1. The van der Waals surface area contributed by atoms with Gasteiger partial charge in [0.25, 0.3) is 0 Å². The van der Waals surface area contributed by atoms with Gasteiger partial charge in [0, 0.05) is 33.8 Å². The summed E-state index contributed by atoms with van der Waals surface area (Å²) in [5, 5.41) is 8.36. The van der Waals surface area contributed by atoms with E-state index in [4.69, 9.17) is 10.7 Å². The highest BCUT2D eigenvalue weighted by atomic mass is 15.1. The summed E-state index contributed by atoms with van der Waals surface area (Å²) in [5.41, 5.74) is 16.0. The van der Waals surface area contributed by atoms with E-state index in [-0.39, 0.29) is 5.54 Å². The van der Waals surface area contributed by atoms with Crippen LogP contribution in [0.3, 0.4) is 0 Å². The minimum Gasteiger partial charge on any atom is -0.321 e. The first kappa shape index (κ1) is 20.2. The fourth-order valence-electron chi connectivity index (χ4n) is 5.28. The van der Waals surface area contributed by atoms with Crippen molar-refractivity contribution in [1.82, 2.24) is 19.6 Å². The molecule has 0 aliphatic heterocycles. The SMILES string of the molecule is NC1(c2ccc(-c3nc4c(-c5ccc6cn[nH]c6c5)cccn4c3-c3ccccc3)cc2)CCC1. The lowest BCUT2D eigenvalue weighted by molar-refractivity contribution is 0.253. The largest absolute Gasteiger partial charge is 0.321 e. The molecule has 5 nitrogen and oxygen atoms in total. The van der Waals surface area contributed by atoms with Gasteiger partial charge in [0.2, 0.25) is 0 Å². The summed E-state index contributed by atoms with van der Waals surface area (Å²) in [7, 11) is 0. The smallest absolute Gasteiger partial charge is 0.145 e. The van der Waals surface area contributed by atoms with Crippen molar-refractivity contribution in [3.8, 4) is 33.6 Å². The van der Waals surface area contributed by atoms with E-state index in [9.17, 15) is 0 Å². The average molecular weight is 456 g/mol. The lowest BCUT2D eigenvalue weighted by atomic mass is 9.72. The number of nitrogens with one attached hydrogen (secondary N) is 1. The third-order valence-electron chi connectivity index (χ3n) is 7.43. The first-order chi connectivity index (χ1) is 17.2. The van der Waals surface area contributed by atoms with Crippen LogP contribution in [-0.2, 0) is 5.54 Å². The topological polar surface area (TPSA) is 72.0 Å². The van der Waals surface area contributed by atoms with Crippen LogP contribution in [0, 0.1) is 0 Å². The Bertz CT molecular complexity index is 1670. The number of hydrogen-bond acceptors (Lipinski definition) is 3. The third kappa shape index (κ3) is 3.20. The van der Waals surface area contributed by atoms with Gasteiger partial charge in [0.15, 0.2) is 0 Å². The lowest BCUT2D eigenvalue weighted by Crippen LogP contribution is -2.43. The number of nitrogens with zero attached hydrogens (tertiary/aromatic N) is 3. The van der Waals surface area contributed by atoms with E-state index in [1.54, 1.807) is 0 Å². The second-order valence-corrected chi connectivity index (χ2v) is 9.55. The van der Waals surface area contributed by atoms with Gasteiger partial charge in [-0.2, -0.15) is 5.10 Å². The molecule has 7 rings (SSSR count). The number of pyridine rings is 1. The fraction of sp³-hybridized carbons (Fsp3) is 0.133. The van der Waals surface area contributed by atoms with Crippen molar-refractivity contribution >= 4 is 16.6 Å². The van der Waals surface area contributed by atoms with Crippen molar-refractivity contribution in [2.75, 3.05) is 0 Å². The molecule has 1 aliphatic carbocycles.